The van der Waals surface area contributed by atoms with Gasteiger partial charge in [0.05, 0.1) is 12.2 Å². The lowest BCUT2D eigenvalue weighted by atomic mass is 9.91. The van der Waals surface area contributed by atoms with E-state index in [4.69, 9.17) is 5.73 Å². The second-order valence-electron chi connectivity index (χ2n) is 6.10. The molecule has 0 bridgehead atoms. The summed E-state index contributed by atoms with van der Waals surface area (Å²) < 4.78 is 1.92. The van der Waals surface area contributed by atoms with Gasteiger partial charge in [-0.05, 0) is 30.5 Å². The molecule has 1 aromatic heterocycles. The molecule has 1 heterocycles. The van der Waals surface area contributed by atoms with Crippen LogP contribution in [0.5, 0.6) is 0 Å². The van der Waals surface area contributed by atoms with Crippen molar-refractivity contribution in [2.24, 2.45) is 0 Å². The Hall–Kier alpha value is -1.84. The van der Waals surface area contributed by atoms with Crippen molar-refractivity contribution in [1.82, 2.24) is 15.0 Å². The van der Waals surface area contributed by atoms with E-state index in [1.165, 1.54) is 16.7 Å². The second-order valence-corrected chi connectivity index (χ2v) is 6.10. The first-order valence-electron chi connectivity index (χ1n) is 6.55. The van der Waals surface area contributed by atoms with Crippen molar-refractivity contribution in [3.63, 3.8) is 0 Å². The van der Waals surface area contributed by atoms with Crippen molar-refractivity contribution in [3.8, 4) is 0 Å². The molecule has 0 unspecified atom stereocenters. The number of nitrogens with zero attached hydrogens (tertiary/aromatic N) is 3. The Kier molecular flexibility index (Phi) is 3.35. The van der Waals surface area contributed by atoms with Gasteiger partial charge in [-0.25, -0.2) is 4.68 Å². The van der Waals surface area contributed by atoms with Crippen LogP contribution in [-0.4, -0.2) is 15.0 Å². The normalized spacial score (nSPS) is 11.8. The molecule has 4 heteroatoms. The summed E-state index contributed by atoms with van der Waals surface area (Å²) in [5, 5.41) is 8.23. The molecule has 102 valence electrons. The summed E-state index contributed by atoms with van der Waals surface area (Å²) in [6.45, 7) is 11.4. The molecule has 0 aliphatic heterocycles. The van der Waals surface area contributed by atoms with E-state index in [9.17, 15) is 0 Å². The number of aryl methyl sites for hydroxylation is 2. The van der Waals surface area contributed by atoms with E-state index >= 15 is 0 Å². The highest BCUT2D eigenvalue weighted by Crippen LogP contribution is 2.27. The van der Waals surface area contributed by atoms with Gasteiger partial charge in [0.25, 0.3) is 0 Å². The van der Waals surface area contributed by atoms with Crippen LogP contribution in [0.1, 0.15) is 43.2 Å². The van der Waals surface area contributed by atoms with Gasteiger partial charge in [0, 0.05) is 5.41 Å². The van der Waals surface area contributed by atoms with Crippen LogP contribution in [0.15, 0.2) is 18.2 Å². The highest BCUT2D eigenvalue weighted by molar-refractivity contribution is 5.39. The van der Waals surface area contributed by atoms with E-state index in [-0.39, 0.29) is 5.41 Å². The van der Waals surface area contributed by atoms with Gasteiger partial charge in [0.1, 0.15) is 0 Å². The maximum atomic E-state index is 5.96. The van der Waals surface area contributed by atoms with Crippen molar-refractivity contribution in [2.45, 2.75) is 46.6 Å². The van der Waals surface area contributed by atoms with Crippen LogP contribution in [-0.2, 0) is 12.0 Å². The predicted molar refractivity (Wildman–Crippen MR) is 78.2 cm³/mol. The molecule has 1 aromatic carbocycles. The van der Waals surface area contributed by atoms with Crippen molar-refractivity contribution in [2.75, 3.05) is 5.73 Å². The van der Waals surface area contributed by atoms with Gasteiger partial charge in [-0.3, -0.25) is 0 Å². The lowest BCUT2D eigenvalue weighted by molar-refractivity contribution is 0.501. The average Bonchev–Trinajstić information content (AvgIpc) is 2.65. The lowest BCUT2D eigenvalue weighted by Gasteiger charge is -2.21. The molecule has 4 nitrogen and oxygen atoms in total. The summed E-state index contributed by atoms with van der Waals surface area (Å²) in [4.78, 5) is 0. The molecular formula is C15H22N4. The summed E-state index contributed by atoms with van der Waals surface area (Å²) >= 11 is 0. The van der Waals surface area contributed by atoms with Gasteiger partial charge >= 0.3 is 0 Å². The summed E-state index contributed by atoms with van der Waals surface area (Å²) in [6, 6.07) is 6.33. The third-order valence-corrected chi connectivity index (χ3v) is 3.42. The fourth-order valence-corrected chi connectivity index (χ4v) is 2.46. The number of benzene rings is 1. The number of hydrogen-bond acceptors (Lipinski definition) is 3. The summed E-state index contributed by atoms with van der Waals surface area (Å²) in [6.07, 6.45) is 0. The SMILES string of the molecule is Cc1cccc(C)c1Cn1nnc(N)c1C(C)(C)C. The Morgan fingerprint density at radius 2 is 1.74 bits per heavy atom. The third kappa shape index (κ3) is 2.62. The molecule has 0 fully saturated rings. The van der Waals surface area contributed by atoms with Crippen LogP contribution in [0.3, 0.4) is 0 Å². The predicted octanol–water partition coefficient (Wildman–Crippen LogP) is 2.82. The molecule has 2 N–H and O–H groups in total. The second kappa shape index (κ2) is 4.68. The van der Waals surface area contributed by atoms with Gasteiger partial charge in [0.15, 0.2) is 5.82 Å². The zero-order valence-electron chi connectivity index (χ0n) is 12.4. The minimum Gasteiger partial charge on any atom is -0.381 e. The van der Waals surface area contributed by atoms with Crippen LogP contribution in [0, 0.1) is 13.8 Å². The average molecular weight is 258 g/mol. The minimum absolute atomic E-state index is 0.0653. The van der Waals surface area contributed by atoms with Gasteiger partial charge in [-0.2, -0.15) is 0 Å². The molecule has 2 aromatic rings. The first kappa shape index (κ1) is 13.6. The monoisotopic (exact) mass is 258 g/mol. The Labute approximate surface area is 114 Å². The van der Waals surface area contributed by atoms with Gasteiger partial charge in [-0.1, -0.05) is 44.2 Å². The van der Waals surface area contributed by atoms with E-state index in [1.807, 2.05) is 4.68 Å². The molecule has 0 spiro atoms. The fraction of sp³-hybridized carbons (Fsp3) is 0.467. The topological polar surface area (TPSA) is 56.7 Å². The first-order chi connectivity index (χ1) is 8.80. The van der Waals surface area contributed by atoms with Crippen LogP contribution in [0.25, 0.3) is 0 Å². The number of nitrogen functional groups attached to an aromatic ring is 1. The highest BCUT2D eigenvalue weighted by atomic mass is 15.4. The maximum Gasteiger partial charge on any atom is 0.169 e. The Morgan fingerprint density at radius 1 is 1.16 bits per heavy atom. The molecule has 0 amide bonds. The van der Waals surface area contributed by atoms with Gasteiger partial charge in [0.2, 0.25) is 0 Å². The van der Waals surface area contributed by atoms with E-state index in [0.29, 0.717) is 5.82 Å². The van der Waals surface area contributed by atoms with Crippen LogP contribution in [0.4, 0.5) is 5.82 Å². The number of aromatic nitrogens is 3. The van der Waals surface area contributed by atoms with Crippen LogP contribution in [0.2, 0.25) is 0 Å². The highest BCUT2D eigenvalue weighted by Gasteiger charge is 2.24. The zero-order chi connectivity index (χ0) is 14.2. The minimum atomic E-state index is -0.0653. The van der Waals surface area contributed by atoms with E-state index < -0.39 is 0 Å². The Balaban J connectivity index is 2.46. The Morgan fingerprint density at radius 3 is 2.26 bits per heavy atom. The number of anilines is 1. The smallest absolute Gasteiger partial charge is 0.169 e. The molecule has 0 atom stereocenters. The Bertz CT molecular complexity index is 570. The van der Waals surface area contributed by atoms with E-state index in [2.05, 4.69) is 63.1 Å². The van der Waals surface area contributed by atoms with E-state index in [1.54, 1.807) is 0 Å². The molecule has 0 aliphatic rings. The first-order valence-corrected chi connectivity index (χ1v) is 6.55. The van der Waals surface area contributed by atoms with Crippen molar-refractivity contribution in [3.05, 3.63) is 40.6 Å². The van der Waals surface area contributed by atoms with Crippen LogP contribution >= 0.6 is 0 Å². The summed E-state index contributed by atoms with van der Waals surface area (Å²) in [5.41, 5.74) is 10.7. The summed E-state index contributed by atoms with van der Waals surface area (Å²) in [7, 11) is 0. The van der Waals surface area contributed by atoms with Gasteiger partial charge < -0.3 is 5.73 Å². The molecule has 19 heavy (non-hydrogen) atoms. The molecule has 0 radical (unpaired) electrons. The standard InChI is InChI=1S/C15H22N4/c1-10-7-6-8-11(2)12(10)9-19-13(15(3,4)5)14(16)17-18-19/h6-8H,9,16H2,1-5H3. The lowest BCUT2D eigenvalue weighted by Crippen LogP contribution is -2.21. The fourth-order valence-electron chi connectivity index (χ4n) is 2.46. The number of nitrogens with two attached hydrogens (primary N) is 1. The maximum absolute atomic E-state index is 5.96. The molecule has 0 aliphatic carbocycles. The third-order valence-electron chi connectivity index (χ3n) is 3.42. The zero-order valence-corrected chi connectivity index (χ0v) is 12.4. The van der Waals surface area contributed by atoms with Crippen molar-refractivity contribution in [1.29, 1.82) is 0 Å². The van der Waals surface area contributed by atoms with Gasteiger partial charge in [-0.15, -0.1) is 5.10 Å². The molecular weight excluding hydrogens is 236 g/mol. The van der Waals surface area contributed by atoms with Crippen LogP contribution < -0.4 is 5.73 Å². The van der Waals surface area contributed by atoms with Crippen molar-refractivity contribution < 1.29 is 0 Å². The van der Waals surface area contributed by atoms with Crippen molar-refractivity contribution >= 4 is 5.82 Å². The molecule has 0 saturated carbocycles. The quantitative estimate of drug-likeness (QED) is 0.901. The number of rotatable bonds is 2. The molecule has 0 saturated heterocycles. The van der Waals surface area contributed by atoms with E-state index in [0.717, 1.165) is 12.2 Å². The summed E-state index contributed by atoms with van der Waals surface area (Å²) in [5.74, 6) is 0.527. The largest absolute Gasteiger partial charge is 0.381 e. The number of hydrogen-bond donors (Lipinski definition) is 1. The molecule has 2 rings (SSSR count).